The lowest BCUT2D eigenvalue weighted by Gasteiger charge is -2.34. The van der Waals surface area contributed by atoms with Crippen molar-refractivity contribution in [1.29, 1.82) is 0 Å². The first-order chi connectivity index (χ1) is 20.1. The minimum Gasteiger partial charge on any atom is -0.492 e. The van der Waals surface area contributed by atoms with Crippen LogP contribution in [0.15, 0.2) is 77.7 Å². The standard InChI is InChI=1S/C32H40ClN3O5S/c1-5-8-21-34-32(38)28(6-2)35(22-25-14-10-9-13-24(25)4)31(37)23-36(29-15-11-12-16-30(29)41-7-3)42(39,40)27-19-17-26(33)18-20-27/h9-20,28H,5-8,21-23H2,1-4H3,(H,34,38)/t28-/m0/s1. The molecule has 0 aliphatic carbocycles. The van der Waals surface area contributed by atoms with Crippen molar-refractivity contribution in [2.45, 2.75) is 64.4 Å². The lowest BCUT2D eigenvalue weighted by molar-refractivity contribution is -0.140. The first-order valence-corrected chi connectivity index (χ1v) is 16.1. The number of aryl methyl sites for hydroxylation is 1. The number of hydrogen-bond donors (Lipinski definition) is 1. The summed E-state index contributed by atoms with van der Waals surface area (Å²) in [7, 11) is -4.24. The molecule has 0 aliphatic rings. The van der Waals surface area contributed by atoms with E-state index in [4.69, 9.17) is 16.3 Å². The summed E-state index contributed by atoms with van der Waals surface area (Å²) in [6.45, 7) is 8.02. The topological polar surface area (TPSA) is 96.0 Å². The monoisotopic (exact) mass is 613 g/mol. The Morgan fingerprint density at radius 3 is 2.26 bits per heavy atom. The van der Waals surface area contributed by atoms with Gasteiger partial charge < -0.3 is 15.0 Å². The van der Waals surface area contributed by atoms with Crippen molar-refractivity contribution in [3.63, 3.8) is 0 Å². The zero-order chi connectivity index (χ0) is 30.7. The molecule has 8 nitrogen and oxygen atoms in total. The second-order valence-electron chi connectivity index (χ2n) is 9.88. The van der Waals surface area contributed by atoms with Crippen LogP contribution in [0.25, 0.3) is 0 Å². The maximum atomic E-state index is 14.3. The predicted molar refractivity (Wildman–Crippen MR) is 167 cm³/mol. The fraction of sp³-hybridized carbons (Fsp3) is 0.375. The number of anilines is 1. The molecule has 3 rings (SSSR count). The number of nitrogens with one attached hydrogen (secondary N) is 1. The van der Waals surface area contributed by atoms with Crippen molar-refractivity contribution < 1.29 is 22.7 Å². The van der Waals surface area contributed by atoms with Gasteiger partial charge >= 0.3 is 0 Å². The summed E-state index contributed by atoms with van der Waals surface area (Å²) in [5, 5.41) is 3.33. The van der Waals surface area contributed by atoms with Gasteiger partial charge in [0.05, 0.1) is 17.2 Å². The van der Waals surface area contributed by atoms with Gasteiger partial charge in [-0.1, -0.05) is 68.3 Å². The fourth-order valence-corrected chi connectivity index (χ4v) is 6.14. The van der Waals surface area contributed by atoms with Crippen LogP contribution in [0, 0.1) is 6.92 Å². The van der Waals surface area contributed by atoms with E-state index in [0.29, 0.717) is 30.3 Å². The van der Waals surface area contributed by atoms with Crippen molar-refractivity contribution >= 4 is 39.1 Å². The van der Waals surface area contributed by atoms with Crippen LogP contribution in [0.3, 0.4) is 0 Å². The fourth-order valence-electron chi connectivity index (χ4n) is 4.58. The maximum absolute atomic E-state index is 14.3. The SMILES string of the molecule is CCCCNC(=O)[C@H](CC)N(Cc1ccccc1C)C(=O)CN(c1ccccc1OCC)S(=O)(=O)c1ccc(Cl)cc1. The molecule has 0 aliphatic heterocycles. The minimum atomic E-state index is -4.24. The van der Waals surface area contributed by atoms with E-state index in [2.05, 4.69) is 5.32 Å². The molecule has 0 saturated carbocycles. The average molecular weight is 614 g/mol. The lowest BCUT2D eigenvalue weighted by Crippen LogP contribution is -2.52. The van der Waals surface area contributed by atoms with Gasteiger partial charge in [-0.15, -0.1) is 0 Å². The Balaban J connectivity index is 2.10. The van der Waals surface area contributed by atoms with Gasteiger partial charge in [-0.25, -0.2) is 8.42 Å². The number of benzene rings is 3. The smallest absolute Gasteiger partial charge is 0.264 e. The van der Waals surface area contributed by atoms with E-state index in [1.807, 2.05) is 45.0 Å². The lowest BCUT2D eigenvalue weighted by atomic mass is 10.1. The second kappa shape index (κ2) is 15.6. The van der Waals surface area contributed by atoms with Gasteiger partial charge in [0.2, 0.25) is 11.8 Å². The average Bonchev–Trinajstić information content (AvgIpc) is 2.97. The number of amides is 2. The van der Waals surface area contributed by atoms with Crippen molar-refractivity contribution in [2.75, 3.05) is 24.0 Å². The predicted octanol–water partition coefficient (Wildman–Crippen LogP) is 5.97. The summed E-state index contributed by atoms with van der Waals surface area (Å²) in [6.07, 6.45) is 2.09. The van der Waals surface area contributed by atoms with E-state index >= 15 is 0 Å². The summed E-state index contributed by atoms with van der Waals surface area (Å²) >= 11 is 6.04. The van der Waals surface area contributed by atoms with E-state index in [1.54, 1.807) is 31.2 Å². The Morgan fingerprint density at radius 2 is 1.62 bits per heavy atom. The Bertz CT molecular complexity index is 1450. The van der Waals surface area contributed by atoms with E-state index in [0.717, 1.165) is 28.3 Å². The number of rotatable bonds is 15. The van der Waals surface area contributed by atoms with Crippen molar-refractivity contribution in [2.24, 2.45) is 0 Å². The van der Waals surface area contributed by atoms with Crippen LogP contribution < -0.4 is 14.4 Å². The van der Waals surface area contributed by atoms with Crippen LogP contribution in [-0.4, -0.2) is 50.9 Å². The van der Waals surface area contributed by atoms with Gasteiger partial charge in [-0.2, -0.15) is 0 Å². The van der Waals surface area contributed by atoms with E-state index in [-0.39, 0.29) is 23.0 Å². The Morgan fingerprint density at radius 1 is 0.952 bits per heavy atom. The highest BCUT2D eigenvalue weighted by Crippen LogP contribution is 2.33. The number of hydrogen-bond acceptors (Lipinski definition) is 5. The third-order valence-electron chi connectivity index (χ3n) is 6.93. The molecule has 0 bridgehead atoms. The molecule has 0 radical (unpaired) electrons. The maximum Gasteiger partial charge on any atom is 0.264 e. The van der Waals surface area contributed by atoms with Gasteiger partial charge in [0.1, 0.15) is 18.3 Å². The van der Waals surface area contributed by atoms with Crippen LogP contribution in [0.1, 0.15) is 51.2 Å². The van der Waals surface area contributed by atoms with Gasteiger partial charge in [0, 0.05) is 18.1 Å². The Hall–Kier alpha value is -3.56. The number of sulfonamides is 1. The first kappa shape index (κ1) is 32.9. The van der Waals surface area contributed by atoms with Crippen LogP contribution in [0.4, 0.5) is 5.69 Å². The molecule has 3 aromatic carbocycles. The van der Waals surface area contributed by atoms with E-state index < -0.39 is 28.5 Å². The van der Waals surface area contributed by atoms with Crippen LogP contribution in [-0.2, 0) is 26.2 Å². The molecule has 0 heterocycles. The highest BCUT2D eigenvalue weighted by atomic mass is 35.5. The van der Waals surface area contributed by atoms with E-state index in [9.17, 15) is 18.0 Å². The molecular formula is C32H40ClN3O5S. The largest absolute Gasteiger partial charge is 0.492 e. The normalized spacial score (nSPS) is 11.9. The number of unbranched alkanes of at least 4 members (excludes halogenated alkanes) is 1. The van der Waals surface area contributed by atoms with Gasteiger partial charge in [0.15, 0.2) is 0 Å². The molecule has 0 spiro atoms. The van der Waals surface area contributed by atoms with Crippen LogP contribution >= 0.6 is 11.6 Å². The number of ether oxygens (including phenoxy) is 1. The number of para-hydroxylation sites is 2. The first-order valence-electron chi connectivity index (χ1n) is 14.3. The molecule has 0 fully saturated rings. The van der Waals surface area contributed by atoms with Gasteiger partial charge in [-0.05, 0) is 74.2 Å². The number of nitrogens with zero attached hydrogens (tertiary/aromatic N) is 2. The quantitative estimate of drug-likeness (QED) is 0.213. The number of halogens is 1. The molecule has 226 valence electrons. The Kier molecular flexibility index (Phi) is 12.2. The molecule has 1 N–H and O–H groups in total. The molecule has 0 saturated heterocycles. The zero-order valence-corrected chi connectivity index (χ0v) is 26.2. The second-order valence-corrected chi connectivity index (χ2v) is 12.2. The van der Waals surface area contributed by atoms with Gasteiger partial charge in [-0.3, -0.25) is 13.9 Å². The molecule has 3 aromatic rings. The molecule has 0 unspecified atom stereocenters. The molecule has 42 heavy (non-hydrogen) atoms. The summed E-state index contributed by atoms with van der Waals surface area (Å²) in [5.74, 6) is -0.463. The molecular weight excluding hydrogens is 574 g/mol. The van der Waals surface area contributed by atoms with Crippen LogP contribution in [0.5, 0.6) is 5.75 Å². The molecule has 10 heteroatoms. The van der Waals surface area contributed by atoms with Crippen molar-refractivity contribution in [1.82, 2.24) is 10.2 Å². The van der Waals surface area contributed by atoms with Crippen molar-refractivity contribution in [3.8, 4) is 5.75 Å². The molecule has 0 aromatic heterocycles. The Labute approximate surface area is 254 Å². The van der Waals surface area contributed by atoms with Crippen LogP contribution in [0.2, 0.25) is 5.02 Å². The molecule has 2 amide bonds. The van der Waals surface area contributed by atoms with Gasteiger partial charge in [0.25, 0.3) is 10.0 Å². The number of carbonyl (C=O) groups excluding carboxylic acids is 2. The third-order valence-corrected chi connectivity index (χ3v) is 8.96. The number of carbonyl (C=O) groups is 2. The summed E-state index contributed by atoms with van der Waals surface area (Å²) in [6, 6.07) is 19.3. The molecule has 1 atom stereocenters. The summed E-state index contributed by atoms with van der Waals surface area (Å²) < 4.78 is 35.0. The van der Waals surface area contributed by atoms with E-state index in [1.165, 1.54) is 29.2 Å². The van der Waals surface area contributed by atoms with Crippen molar-refractivity contribution in [3.05, 3.63) is 88.9 Å². The summed E-state index contributed by atoms with van der Waals surface area (Å²) in [5.41, 5.74) is 2.05. The summed E-state index contributed by atoms with van der Waals surface area (Å²) in [4.78, 5) is 29.1. The third kappa shape index (κ3) is 8.26. The highest BCUT2D eigenvalue weighted by Gasteiger charge is 2.34. The zero-order valence-electron chi connectivity index (χ0n) is 24.7. The highest BCUT2D eigenvalue weighted by molar-refractivity contribution is 7.92. The minimum absolute atomic E-state index is 0.0270.